The van der Waals surface area contributed by atoms with Gasteiger partial charge in [-0.3, -0.25) is 4.99 Å². The van der Waals surface area contributed by atoms with Crippen LogP contribution in [0, 0.1) is 0 Å². The fourth-order valence-electron chi connectivity index (χ4n) is 2.70. The molecule has 0 aromatic heterocycles. The lowest BCUT2D eigenvalue weighted by Gasteiger charge is -2.15. The SMILES string of the molecule is CN=C(NCCOc1ccc2c(c1)OCO2)NCc1ccc(OC)cc1OC.I. The molecule has 8 nitrogen and oxygen atoms in total. The summed E-state index contributed by atoms with van der Waals surface area (Å²) in [4.78, 5) is 4.22. The topological polar surface area (TPSA) is 82.6 Å². The number of methoxy groups -OCH3 is 2. The predicted octanol–water partition coefficient (Wildman–Crippen LogP) is 2.79. The summed E-state index contributed by atoms with van der Waals surface area (Å²) in [5.74, 6) is 4.36. The molecule has 3 rings (SSSR count). The first-order valence-corrected chi connectivity index (χ1v) is 8.91. The monoisotopic (exact) mass is 515 g/mol. The zero-order chi connectivity index (χ0) is 19.8. The lowest BCUT2D eigenvalue weighted by Crippen LogP contribution is -2.38. The van der Waals surface area contributed by atoms with Crippen LogP contribution in [-0.4, -0.2) is 47.2 Å². The number of halogens is 1. The van der Waals surface area contributed by atoms with Crippen LogP contribution in [0.25, 0.3) is 0 Å². The van der Waals surface area contributed by atoms with E-state index in [9.17, 15) is 0 Å². The van der Waals surface area contributed by atoms with Crippen molar-refractivity contribution in [3.8, 4) is 28.7 Å². The summed E-state index contributed by atoms with van der Waals surface area (Å²) in [6, 6.07) is 11.2. The maximum atomic E-state index is 5.74. The van der Waals surface area contributed by atoms with E-state index < -0.39 is 0 Å². The molecule has 9 heteroatoms. The molecule has 2 aromatic rings. The Balaban J connectivity index is 0.00000300. The second-order valence-electron chi connectivity index (χ2n) is 5.89. The highest BCUT2D eigenvalue weighted by molar-refractivity contribution is 14.0. The summed E-state index contributed by atoms with van der Waals surface area (Å²) in [5.41, 5.74) is 1.00. The molecular formula is C20H26IN3O5. The molecule has 1 heterocycles. The van der Waals surface area contributed by atoms with Crippen LogP contribution in [0.4, 0.5) is 0 Å². The summed E-state index contributed by atoms with van der Waals surface area (Å²) < 4.78 is 27.0. The molecular weight excluding hydrogens is 489 g/mol. The first-order chi connectivity index (χ1) is 13.7. The largest absolute Gasteiger partial charge is 0.497 e. The summed E-state index contributed by atoms with van der Waals surface area (Å²) in [7, 11) is 4.99. The van der Waals surface area contributed by atoms with E-state index in [0.29, 0.717) is 31.4 Å². The fraction of sp³-hybridized carbons (Fsp3) is 0.350. The minimum Gasteiger partial charge on any atom is -0.497 e. The number of hydrogen-bond acceptors (Lipinski definition) is 6. The smallest absolute Gasteiger partial charge is 0.231 e. The Morgan fingerprint density at radius 1 is 1.00 bits per heavy atom. The number of hydrogen-bond donors (Lipinski definition) is 2. The normalized spacial score (nSPS) is 12.0. The Morgan fingerprint density at radius 2 is 1.79 bits per heavy atom. The van der Waals surface area contributed by atoms with Crippen molar-refractivity contribution < 1.29 is 23.7 Å². The lowest BCUT2D eigenvalue weighted by atomic mass is 10.2. The van der Waals surface area contributed by atoms with Crippen molar-refractivity contribution >= 4 is 29.9 Å². The summed E-state index contributed by atoms with van der Waals surface area (Å²) in [6.07, 6.45) is 0. The Kier molecular flexibility index (Phi) is 8.97. The molecule has 0 saturated heterocycles. The van der Waals surface area contributed by atoms with Crippen molar-refractivity contribution in [1.82, 2.24) is 10.6 Å². The van der Waals surface area contributed by atoms with Gasteiger partial charge in [0.2, 0.25) is 6.79 Å². The molecule has 0 atom stereocenters. The standard InChI is InChI=1S/C20H25N3O5.HI/c1-21-20(23-12-14-4-5-15(24-2)10-18(14)25-3)22-8-9-26-16-6-7-17-19(11-16)28-13-27-17;/h4-7,10-11H,8-9,12-13H2,1-3H3,(H2,21,22,23);1H. The highest BCUT2D eigenvalue weighted by atomic mass is 127. The van der Waals surface area contributed by atoms with Gasteiger partial charge < -0.3 is 34.3 Å². The first kappa shape index (κ1) is 22.7. The molecule has 0 fully saturated rings. The molecule has 0 bridgehead atoms. The van der Waals surface area contributed by atoms with E-state index in [1.807, 2.05) is 36.4 Å². The van der Waals surface area contributed by atoms with E-state index >= 15 is 0 Å². The third-order valence-electron chi connectivity index (χ3n) is 4.17. The van der Waals surface area contributed by atoms with Gasteiger partial charge in [-0.15, -0.1) is 24.0 Å². The summed E-state index contributed by atoms with van der Waals surface area (Å²) >= 11 is 0. The number of nitrogens with one attached hydrogen (secondary N) is 2. The summed E-state index contributed by atoms with van der Waals surface area (Å²) in [6.45, 7) is 1.89. The molecule has 158 valence electrons. The zero-order valence-electron chi connectivity index (χ0n) is 16.7. The minimum atomic E-state index is 0. The van der Waals surface area contributed by atoms with Crippen molar-refractivity contribution in [3.05, 3.63) is 42.0 Å². The van der Waals surface area contributed by atoms with E-state index in [4.69, 9.17) is 23.7 Å². The van der Waals surface area contributed by atoms with Crippen LogP contribution in [-0.2, 0) is 6.54 Å². The van der Waals surface area contributed by atoms with Crippen molar-refractivity contribution in [2.24, 2.45) is 4.99 Å². The van der Waals surface area contributed by atoms with Crippen LogP contribution in [0.15, 0.2) is 41.4 Å². The van der Waals surface area contributed by atoms with Crippen LogP contribution in [0.2, 0.25) is 0 Å². The molecule has 2 aromatic carbocycles. The average Bonchev–Trinajstić information content (AvgIpc) is 3.21. The van der Waals surface area contributed by atoms with Gasteiger partial charge in [0, 0.05) is 31.3 Å². The summed E-state index contributed by atoms with van der Waals surface area (Å²) in [5, 5.41) is 6.47. The number of fused-ring (bicyclic) bond motifs is 1. The van der Waals surface area contributed by atoms with Gasteiger partial charge >= 0.3 is 0 Å². The highest BCUT2D eigenvalue weighted by Gasteiger charge is 2.13. The number of rotatable bonds is 8. The van der Waals surface area contributed by atoms with Crippen molar-refractivity contribution in [3.63, 3.8) is 0 Å². The molecule has 0 amide bonds. The number of benzene rings is 2. The van der Waals surface area contributed by atoms with Gasteiger partial charge in [-0.2, -0.15) is 0 Å². The highest BCUT2D eigenvalue weighted by Crippen LogP contribution is 2.35. The molecule has 0 spiro atoms. The number of guanidine groups is 1. The zero-order valence-corrected chi connectivity index (χ0v) is 19.0. The molecule has 0 unspecified atom stereocenters. The first-order valence-electron chi connectivity index (χ1n) is 8.91. The molecule has 1 aliphatic heterocycles. The third-order valence-corrected chi connectivity index (χ3v) is 4.17. The molecule has 0 aliphatic carbocycles. The Morgan fingerprint density at radius 3 is 2.55 bits per heavy atom. The number of aliphatic imine (C=N–C) groups is 1. The van der Waals surface area contributed by atoms with Gasteiger partial charge in [-0.1, -0.05) is 0 Å². The third kappa shape index (κ3) is 6.21. The van der Waals surface area contributed by atoms with Gasteiger partial charge in [0.15, 0.2) is 17.5 Å². The number of nitrogens with zero attached hydrogens (tertiary/aromatic N) is 1. The van der Waals surface area contributed by atoms with Crippen LogP contribution < -0.4 is 34.3 Å². The lowest BCUT2D eigenvalue weighted by molar-refractivity contribution is 0.173. The number of ether oxygens (including phenoxy) is 5. The minimum absolute atomic E-state index is 0. The van der Waals surface area contributed by atoms with E-state index in [1.54, 1.807) is 21.3 Å². The van der Waals surface area contributed by atoms with Crippen LogP contribution in [0.5, 0.6) is 28.7 Å². The van der Waals surface area contributed by atoms with Crippen molar-refractivity contribution in [1.29, 1.82) is 0 Å². The van der Waals surface area contributed by atoms with Gasteiger partial charge in [0.25, 0.3) is 0 Å². The van der Waals surface area contributed by atoms with Crippen molar-refractivity contribution in [2.45, 2.75) is 6.54 Å². The Hall–Kier alpha value is -2.56. The fourth-order valence-corrected chi connectivity index (χ4v) is 2.70. The maximum absolute atomic E-state index is 5.74. The quantitative estimate of drug-likeness (QED) is 0.242. The van der Waals surface area contributed by atoms with Crippen LogP contribution in [0.1, 0.15) is 5.56 Å². The van der Waals surface area contributed by atoms with Gasteiger partial charge in [0.05, 0.1) is 20.8 Å². The average molecular weight is 515 g/mol. The maximum Gasteiger partial charge on any atom is 0.231 e. The van der Waals surface area contributed by atoms with Gasteiger partial charge in [-0.05, 0) is 24.3 Å². The van der Waals surface area contributed by atoms with Crippen molar-refractivity contribution in [2.75, 3.05) is 41.2 Å². The van der Waals surface area contributed by atoms with Crippen LogP contribution in [0.3, 0.4) is 0 Å². The van der Waals surface area contributed by atoms with E-state index in [2.05, 4.69) is 15.6 Å². The second kappa shape index (κ2) is 11.4. The van der Waals surface area contributed by atoms with E-state index in [1.165, 1.54) is 0 Å². The molecule has 0 saturated carbocycles. The molecule has 2 N–H and O–H groups in total. The predicted molar refractivity (Wildman–Crippen MR) is 121 cm³/mol. The molecule has 0 radical (unpaired) electrons. The molecule has 1 aliphatic rings. The van der Waals surface area contributed by atoms with Gasteiger partial charge in [-0.25, -0.2) is 0 Å². The molecule has 29 heavy (non-hydrogen) atoms. The second-order valence-corrected chi connectivity index (χ2v) is 5.89. The Bertz CT molecular complexity index is 832. The van der Waals surface area contributed by atoms with Crippen LogP contribution >= 0.6 is 24.0 Å². The van der Waals surface area contributed by atoms with E-state index in [-0.39, 0.29) is 30.8 Å². The Labute approximate surface area is 187 Å². The van der Waals surface area contributed by atoms with E-state index in [0.717, 1.165) is 28.6 Å². The van der Waals surface area contributed by atoms with Gasteiger partial charge in [0.1, 0.15) is 23.9 Å².